The molecule has 1 unspecified atom stereocenters. The van der Waals surface area contributed by atoms with Crippen LogP contribution in [-0.4, -0.2) is 19.7 Å². The van der Waals surface area contributed by atoms with Crippen molar-refractivity contribution in [3.8, 4) is 0 Å². The molecule has 25 heavy (non-hydrogen) atoms. The zero-order valence-corrected chi connectivity index (χ0v) is 16.6. The van der Waals surface area contributed by atoms with Gasteiger partial charge in [-0.25, -0.2) is 8.42 Å². The van der Waals surface area contributed by atoms with Crippen molar-refractivity contribution in [1.29, 1.82) is 0 Å². The lowest BCUT2D eigenvalue weighted by molar-refractivity contribution is -0.112. The van der Waals surface area contributed by atoms with Crippen molar-refractivity contribution < 1.29 is 13.2 Å². The van der Waals surface area contributed by atoms with Gasteiger partial charge in [0.1, 0.15) is 6.04 Å². The summed E-state index contributed by atoms with van der Waals surface area (Å²) in [7, 11) is -4.07. The Morgan fingerprint density at radius 2 is 1.68 bits per heavy atom. The van der Waals surface area contributed by atoms with Gasteiger partial charge in [0.15, 0.2) is 0 Å². The monoisotopic (exact) mass is 419 g/mol. The number of nitrogens with zero attached hydrogens (tertiary/aromatic N) is 1. The van der Waals surface area contributed by atoms with Crippen molar-refractivity contribution in [2.75, 3.05) is 4.31 Å². The SMILES string of the molecule is CCc1ccc(N(C(C)C(=O)Cl)S(=O)(=O)c2ccc(Cl)c(Cl)c2)cc1. The maximum absolute atomic E-state index is 13.1. The molecule has 2 aromatic rings. The number of hydrogen-bond donors (Lipinski definition) is 0. The molecule has 0 spiro atoms. The fourth-order valence-electron chi connectivity index (χ4n) is 2.29. The van der Waals surface area contributed by atoms with Gasteiger partial charge in [-0.05, 0) is 60.8 Å². The maximum Gasteiger partial charge on any atom is 0.265 e. The Hall–Kier alpha value is -1.27. The molecule has 0 amide bonds. The Morgan fingerprint density at radius 3 is 2.16 bits per heavy atom. The molecule has 4 nitrogen and oxygen atoms in total. The minimum atomic E-state index is -4.07. The highest BCUT2D eigenvalue weighted by Gasteiger charge is 2.33. The quantitative estimate of drug-likeness (QED) is 0.624. The Morgan fingerprint density at radius 1 is 1.08 bits per heavy atom. The fraction of sp³-hybridized carbons (Fsp3) is 0.235. The molecular weight excluding hydrogens is 405 g/mol. The summed E-state index contributed by atoms with van der Waals surface area (Å²) < 4.78 is 27.2. The third kappa shape index (κ3) is 4.29. The van der Waals surface area contributed by atoms with Gasteiger partial charge in [-0.1, -0.05) is 42.3 Å². The molecule has 0 N–H and O–H groups in total. The van der Waals surface area contributed by atoms with E-state index in [0.29, 0.717) is 5.69 Å². The lowest BCUT2D eigenvalue weighted by atomic mass is 10.1. The number of hydrogen-bond acceptors (Lipinski definition) is 3. The van der Waals surface area contributed by atoms with Crippen LogP contribution in [0.4, 0.5) is 5.69 Å². The molecule has 0 saturated heterocycles. The van der Waals surface area contributed by atoms with Crippen LogP contribution in [0.1, 0.15) is 19.4 Å². The van der Waals surface area contributed by atoms with Crippen molar-refractivity contribution in [3.05, 3.63) is 58.1 Å². The predicted octanol–water partition coefficient (Wildman–Crippen LogP) is 4.91. The summed E-state index contributed by atoms with van der Waals surface area (Å²) in [6.07, 6.45) is 0.809. The Labute approximate surface area is 162 Å². The molecule has 2 aromatic carbocycles. The minimum absolute atomic E-state index is 0.0776. The summed E-state index contributed by atoms with van der Waals surface area (Å²) in [6, 6.07) is 9.78. The van der Waals surface area contributed by atoms with Crippen LogP contribution in [0.3, 0.4) is 0 Å². The second-order valence-electron chi connectivity index (χ2n) is 5.38. The zero-order chi connectivity index (χ0) is 18.8. The second-order valence-corrected chi connectivity index (χ2v) is 8.38. The molecule has 0 aromatic heterocycles. The van der Waals surface area contributed by atoms with E-state index in [9.17, 15) is 13.2 Å². The molecule has 0 aliphatic rings. The van der Waals surface area contributed by atoms with Crippen molar-refractivity contribution in [1.82, 2.24) is 0 Å². The molecule has 0 fully saturated rings. The lowest BCUT2D eigenvalue weighted by Gasteiger charge is -2.28. The highest BCUT2D eigenvalue weighted by atomic mass is 35.5. The first-order valence-corrected chi connectivity index (χ1v) is 10.0. The average molecular weight is 421 g/mol. The van der Waals surface area contributed by atoms with Crippen molar-refractivity contribution in [2.24, 2.45) is 0 Å². The largest absolute Gasteiger partial charge is 0.279 e. The van der Waals surface area contributed by atoms with E-state index in [1.807, 2.05) is 6.92 Å². The molecule has 0 bridgehead atoms. The van der Waals surface area contributed by atoms with Gasteiger partial charge in [0.2, 0.25) is 5.24 Å². The molecule has 0 aliphatic heterocycles. The third-order valence-corrected chi connectivity index (χ3v) is 6.68. The van der Waals surface area contributed by atoms with Crippen LogP contribution in [0.2, 0.25) is 10.0 Å². The number of sulfonamides is 1. The van der Waals surface area contributed by atoms with Gasteiger partial charge >= 0.3 is 0 Å². The van der Waals surface area contributed by atoms with Gasteiger partial charge in [-0.2, -0.15) is 0 Å². The Bertz CT molecular complexity index is 883. The summed E-state index contributed by atoms with van der Waals surface area (Å²) in [5.41, 5.74) is 1.38. The van der Waals surface area contributed by atoms with Gasteiger partial charge in [-0.15, -0.1) is 0 Å². The summed E-state index contributed by atoms with van der Waals surface area (Å²) in [4.78, 5) is 11.6. The maximum atomic E-state index is 13.1. The van der Waals surface area contributed by atoms with Crippen LogP contribution in [-0.2, 0) is 21.2 Å². The Kier molecular flexibility index (Phi) is 6.38. The van der Waals surface area contributed by atoms with Crippen LogP contribution in [0, 0.1) is 0 Å². The van der Waals surface area contributed by atoms with E-state index < -0.39 is 21.3 Å². The van der Waals surface area contributed by atoms with Crippen LogP contribution < -0.4 is 4.31 Å². The number of halogens is 3. The summed E-state index contributed by atoms with van der Waals surface area (Å²) in [5, 5.41) is -0.446. The number of benzene rings is 2. The first-order valence-electron chi connectivity index (χ1n) is 7.46. The number of rotatable bonds is 6. The van der Waals surface area contributed by atoms with E-state index >= 15 is 0 Å². The van der Waals surface area contributed by atoms with E-state index in [-0.39, 0.29) is 14.9 Å². The third-order valence-electron chi connectivity index (χ3n) is 3.73. The highest BCUT2D eigenvalue weighted by Crippen LogP contribution is 2.31. The molecule has 1 atom stereocenters. The van der Waals surface area contributed by atoms with Gasteiger partial charge in [0, 0.05) is 0 Å². The van der Waals surface area contributed by atoms with Crippen LogP contribution in [0.5, 0.6) is 0 Å². The van der Waals surface area contributed by atoms with Crippen molar-refractivity contribution in [2.45, 2.75) is 31.2 Å². The molecule has 134 valence electrons. The van der Waals surface area contributed by atoms with E-state index in [1.165, 1.54) is 25.1 Å². The van der Waals surface area contributed by atoms with Gasteiger partial charge in [0.25, 0.3) is 10.0 Å². The number of anilines is 1. The topological polar surface area (TPSA) is 54.5 Å². The highest BCUT2D eigenvalue weighted by molar-refractivity contribution is 7.93. The summed E-state index contributed by atoms with van der Waals surface area (Å²) in [5.74, 6) is 0. The molecule has 2 rings (SSSR count). The second kappa shape index (κ2) is 7.96. The number of carbonyl (C=O) groups is 1. The van der Waals surface area contributed by atoms with Crippen molar-refractivity contribution >= 4 is 55.8 Å². The van der Waals surface area contributed by atoms with E-state index in [1.54, 1.807) is 24.3 Å². The molecule has 0 heterocycles. The minimum Gasteiger partial charge on any atom is -0.279 e. The Balaban J connectivity index is 2.60. The molecule has 0 aliphatic carbocycles. The number of aryl methyl sites for hydroxylation is 1. The molecule has 8 heteroatoms. The van der Waals surface area contributed by atoms with Gasteiger partial charge < -0.3 is 0 Å². The first-order chi connectivity index (χ1) is 11.7. The molecular formula is C17H16Cl3NO3S. The summed E-state index contributed by atoms with van der Waals surface area (Å²) >= 11 is 17.4. The number of carbonyl (C=O) groups excluding carboxylic acids is 1. The van der Waals surface area contributed by atoms with Crippen LogP contribution in [0.15, 0.2) is 47.4 Å². The predicted molar refractivity (Wildman–Crippen MR) is 102 cm³/mol. The van der Waals surface area contributed by atoms with Crippen LogP contribution >= 0.6 is 34.8 Å². The van der Waals surface area contributed by atoms with Gasteiger partial charge in [0.05, 0.1) is 20.6 Å². The standard InChI is InChI=1S/C17H16Cl3NO3S/c1-3-12-4-6-13(7-5-12)21(11(2)17(20)22)25(23,24)14-8-9-15(18)16(19)10-14/h4-11H,3H2,1-2H3. The van der Waals surface area contributed by atoms with E-state index in [0.717, 1.165) is 16.3 Å². The fourth-order valence-corrected chi connectivity index (χ4v) is 4.46. The first kappa shape index (κ1) is 20.0. The van der Waals surface area contributed by atoms with Crippen molar-refractivity contribution in [3.63, 3.8) is 0 Å². The molecule has 0 radical (unpaired) electrons. The average Bonchev–Trinajstić information content (AvgIpc) is 2.57. The normalized spacial score (nSPS) is 12.7. The smallest absolute Gasteiger partial charge is 0.265 e. The van der Waals surface area contributed by atoms with E-state index in [2.05, 4.69) is 0 Å². The zero-order valence-electron chi connectivity index (χ0n) is 13.5. The van der Waals surface area contributed by atoms with E-state index in [4.69, 9.17) is 34.8 Å². The summed E-state index contributed by atoms with van der Waals surface area (Å²) in [6.45, 7) is 3.42. The van der Waals surface area contributed by atoms with Crippen LogP contribution in [0.25, 0.3) is 0 Å². The molecule has 0 saturated carbocycles. The lowest BCUT2D eigenvalue weighted by Crippen LogP contribution is -2.42. The van der Waals surface area contributed by atoms with Gasteiger partial charge in [-0.3, -0.25) is 9.10 Å².